The molecule has 2 aromatic rings. The summed E-state index contributed by atoms with van der Waals surface area (Å²) in [5.41, 5.74) is 1.18. The molecule has 0 aliphatic heterocycles. The largest absolute Gasteiger partial charge is 0.478 e. The van der Waals surface area contributed by atoms with Crippen LogP contribution in [0.5, 0.6) is 0 Å². The van der Waals surface area contributed by atoms with Gasteiger partial charge in [-0.25, -0.2) is 9.78 Å². The number of carboxylic acids is 1. The lowest BCUT2D eigenvalue weighted by Gasteiger charge is -2.20. The molecule has 0 fully saturated rings. The highest BCUT2D eigenvalue weighted by molar-refractivity contribution is 5.94. The zero-order chi connectivity index (χ0) is 13.8. The van der Waals surface area contributed by atoms with Crippen LogP contribution < -0.4 is 4.90 Å². The topological polar surface area (TPSA) is 77.2 Å². The third-order valence-corrected chi connectivity index (χ3v) is 2.72. The molecule has 1 N–H and O–H groups in total. The Labute approximate surface area is 110 Å². The average Bonchev–Trinajstić information content (AvgIpc) is 2.46. The van der Waals surface area contributed by atoms with Crippen LogP contribution in [0.1, 0.15) is 15.9 Å². The smallest absolute Gasteiger partial charge is 0.339 e. The highest BCUT2D eigenvalue weighted by Gasteiger charge is 2.17. The number of nitrogens with zero attached hydrogens (tertiary/aromatic N) is 3. The number of carbonyl (C=O) groups is 1. The molecule has 1 aromatic carbocycles. The van der Waals surface area contributed by atoms with Crippen molar-refractivity contribution in [3.05, 3.63) is 53.7 Å². The first-order valence-corrected chi connectivity index (χ1v) is 5.56. The van der Waals surface area contributed by atoms with Crippen molar-refractivity contribution in [3.8, 4) is 6.07 Å². The first-order chi connectivity index (χ1) is 9.15. The fourth-order valence-electron chi connectivity index (χ4n) is 1.81. The zero-order valence-electron chi connectivity index (χ0n) is 10.2. The molecule has 0 unspecified atom stereocenters. The Kier molecular flexibility index (Phi) is 3.44. The quantitative estimate of drug-likeness (QED) is 0.908. The van der Waals surface area contributed by atoms with Crippen LogP contribution >= 0.6 is 0 Å². The highest BCUT2D eigenvalue weighted by atomic mass is 16.4. The maximum Gasteiger partial charge on any atom is 0.339 e. The number of para-hydroxylation sites is 1. The second-order valence-corrected chi connectivity index (χ2v) is 3.87. The van der Waals surface area contributed by atoms with Crippen molar-refractivity contribution in [2.75, 3.05) is 11.9 Å². The van der Waals surface area contributed by atoms with Crippen LogP contribution in [0.4, 0.5) is 11.5 Å². The first-order valence-electron chi connectivity index (χ1n) is 5.56. The van der Waals surface area contributed by atoms with Crippen molar-refractivity contribution in [1.82, 2.24) is 4.98 Å². The summed E-state index contributed by atoms with van der Waals surface area (Å²) in [5, 5.41) is 18.2. The summed E-state index contributed by atoms with van der Waals surface area (Å²) in [6, 6.07) is 12.1. The minimum absolute atomic E-state index is 0.0951. The number of benzene rings is 1. The van der Waals surface area contributed by atoms with E-state index in [1.165, 1.54) is 12.3 Å². The van der Waals surface area contributed by atoms with Gasteiger partial charge < -0.3 is 10.0 Å². The maximum absolute atomic E-state index is 11.2. The fourth-order valence-corrected chi connectivity index (χ4v) is 1.81. The standard InChI is InChI=1S/C14H11N3O2/c1-17(12-7-3-2-5-10(12)9-15)13-11(14(18)19)6-4-8-16-13/h2-8H,1H3,(H,18,19). The van der Waals surface area contributed by atoms with Crippen LogP contribution in [0.3, 0.4) is 0 Å². The summed E-state index contributed by atoms with van der Waals surface area (Å²) in [6.45, 7) is 0. The molecule has 0 saturated carbocycles. The van der Waals surface area contributed by atoms with E-state index in [0.29, 0.717) is 17.1 Å². The van der Waals surface area contributed by atoms with Gasteiger partial charge in [-0.3, -0.25) is 0 Å². The molecule has 5 heteroatoms. The Balaban J connectivity index is 2.54. The molecule has 2 rings (SSSR count). The van der Waals surface area contributed by atoms with Crippen LogP contribution in [0.25, 0.3) is 0 Å². The van der Waals surface area contributed by atoms with Crippen molar-refractivity contribution in [3.63, 3.8) is 0 Å². The second kappa shape index (κ2) is 5.19. The van der Waals surface area contributed by atoms with E-state index in [-0.39, 0.29) is 5.56 Å². The van der Waals surface area contributed by atoms with E-state index in [1.54, 1.807) is 42.3 Å². The minimum atomic E-state index is -1.05. The van der Waals surface area contributed by atoms with Crippen LogP contribution in [-0.4, -0.2) is 23.1 Å². The van der Waals surface area contributed by atoms with E-state index in [1.807, 2.05) is 0 Å². The molecule has 0 aliphatic carbocycles. The van der Waals surface area contributed by atoms with Crippen LogP contribution in [0.2, 0.25) is 0 Å². The van der Waals surface area contributed by atoms with Crippen molar-refractivity contribution in [2.24, 2.45) is 0 Å². The van der Waals surface area contributed by atoms with Gasteiger partial charge in [0.2, 0.25) is 0 Å². The summed E-state index contributed by atoms with van der Waals surface area (Å²) in [4.78, 5) is 16.9. The molecule has 1 heterocycles. The van der Waals surface area contributed by atoms with Crippen LogP contribution in [-0.2, 0) is 0 Å². The Hall–Kier alpha value is -2.87. The van der Waals surface area contributed by atoms with Gasteiger partial charge in [0, 0.05) is 13.2 Å². The Bertz CT molecular complexity index is 662. The van der Waals surface area contributed by atoms with Crippen molar-refractivity contribution >= 4 is 17.5 Å². The van der Waals surface area contributed by atoms with Crippen molar-refractivity contribution in [2.45, 2.75) is 0 Å². The van der Waals surface area contributed by atoms with Crippen molar-refractivity contribution < 1.29 is 9.90 Å². The number of hydrogen-bond acceptors (Lipinski definition) is 4. The molecule has 0 saturated heterocycles. The number of nitriles is 1. The van der Waals surface area contributed by atoms with Gasteiger partial charge in [-0.1, -0.05) is 12.1 Å². The number of carboxylic acid groups (broad SMARTS) is 1. The molecule has 19 heavy (non-hydrogen) atoms. The number of aromatic carboxylic acids is 1. The summed E-state index contributed by atoms with van der Waals surface area (Å²) < 4.78 is 0. The van der Waals surface area contributed by atoms with Gasteiger partial charge in [0.05, 0.1) is 11.3 Å². The van der Waals surface area contributed by atoms with Gasteiger partial charge in [0.1, 0.15) is 17.5 Å². The Morgan fingerprint density at radius 2 is 2.05 bits per heavy atom. The molecule has 0 bridgehead atoms. The second-order valence-electron chi connectivity index (χ2n) is 3.87. The molecular weight excluding hydrogens is 242 g/mol. The number of hydrogen-bond donors (Lipinski definition) is 1. The van der Waals surface area contributed by atoms with Gasteiger partial charge in [0.25, 0.3) is 0 Å². The van der Waals surface area contributed by atoms with E-state index in [4.69, 9.17) is 10.4 Å². The zero-order valence-corrected chi connectivity index (χ0v) is 10.2. The molecular formula is C14H11N3O2. The molecule has 5 nitrogen and oxygen atoms in total. The summed E-state index contributed by atoms with van der Waals surface area (Å²) in [6.07, 6.45) is 1.52. The first kappa shape index (κ1) is 12.6. The average molecular weight is 253 g/mol. The molecule has 0 radical (unpaired) electrons. The molecule has 0 spiro atoms. The van der Waals surface area contributed by atoms with E-state index in [2.05, 4.69) is 11.1 Å². The predicted molar refractivity (Wildman–Crippen MR) is 70.4 cm³/mol. The fraction of sp³-hybridized carbons (Fsp3) is 0.0714. The van der Waals surface area contributed by atoms with E-state index in [9.17, 15) is 4.79 Å². The van der Waals surface area contributed by atoms with E-state index in [0.717, 1.165) is 0 Å². The lowest BCUT2D eigenvalue weighted by atomic mass is 10.1. The van der Waals surface area contributed by atoms with Crippen molar-refractivity contribution in [1.29, 1.82) is 5.26 Å². The van der Waals surface area contributed by atoms with Crippen LogP contribution in [0.15, 0.2) is 42.6 Å². The SMILES string of the molecule is CN(c1ccccc1C#N)c1ncccc1C(=O)O. The number of rotatable bonds is 3. The normalized spacial score (nSPS) is 9.68. The Morgan fingerprint density at radius 1 is 1.32 bits per heavy atom. The predicted octanol–water partition coefficient (Wildman–Crippen LogP) is 2.42. The minimum Gasteiger partial charge on any atom is -0.478 e. The molecule has 0 aliphatic rings. The third-order valence-electron chi connectivity index (χ3n) is 2.72. The molecule has 0 atom stereocenters. The lowest BCUT2D eigenvalue weighted by molar-refractivity contribution is 0.0697. The van der Waals surface area contributed by atoms with Gasteiger partial charge in [-0.15, -0.1) is 0 Å². The van der Waals surface area contributed by atoms with Gasteiger partial charge >= 0.3 is 5.97 Å². The third kappa shape index (κ3) is 2.38. The Morgan fingerprint density at radius 3 is 2.74 bits per heavy atom. The highest BCUT2D eigenvalue weighted by Crippen LogP contribution is 2.27. The molecule has 0 amide bonds. The summed E-state index contributed by atoms with van der Waals surface area (Å²) >= 11 is 0. The molecule has 94 valence electrons. The van der Waals surface area contributed by atoms with Crippen LogP contribution in [0, 0.1) is 11.3 Å². The van der Waals surface area contributed by atoms with E-state index < -0.39 is 5.97 Å². The summed E-state index contributed by atoms with van der Waals surface area (Å²) in [5.74, 6) is -0.748. The van der Waals surface area contributed by atoms with E-state index >= 15 is 0 Å². The number of anilines is 2. The van der Waals surface area contributed by atoms with Gasteiger partial charge in [-0.2, -0.15) is 5.26 Å². The van der Waals surface area contributed by atoms with Gasteiger partial charge in [-0.05, 0) is 24.3 Å². The summed E-state index contributed by atoms with van der Waals surface area (Å²) in [7, 11) is 1.69. The maximum atomic E-state index is 11.2. The monoisotopic (exact) mass is 253 g/mol. The molecule has 1 aromatic heterocycles. The number of pyridine rings is 1. The van der Waals surface area contributed by atoms with Gasteiger partial charge in [0.15, 0.2) is 0 Å². The number of aromatic nitrogens is 1. The lowest BCUT2D eigenvalue weighted by Crippen LogP contribution is -2.16.